The summed E-state index contributed by atoms with van der Waals surface area (Å²) in [5.41, 5.74) is 1.14. The molecule has 1 aromatic carbocycles. The van der Waals surface area contributed by atoms with Crippen molar-refractivity contribution in [2.24, 2.45) is 0 Å². The van der Waals surface area contributed by atoms with Gasteiger partial charge in [0.25, 0.3) is 0 Å². The van der Waals surface area contributed by atoms with E-state index in [0.717, 1.165) is 5.56 Å². The minimum atomic E-state index is 0. The largest absolute Gasteiger partial charge is 2.00 e. The van der Waals surface area contributed by atoms with Crippen molar-refractivity contribution in [2.45, 2.75) is 19.6 Å². The second-order valence-electron chi connectivity index (χ2n) is 2.99. The number of ether oxygens (including phenoxy) is 2. The Morgan fingerprint density at radius 3 is 2.73 bits per heavy atom. The number of hydrogen-bond acceptors (Lipinski definition) is 2. The molecule has 2 nitrogen and oxygen atoms in total. The van der Waals surface area contributed by atoms with Crippen LogP contribution in [0, 0.1) is 6.07 Å². The molecule has 0 aromatic heterocycles. The van der Waals surface area contributed by atoms with Crippen molar-refractivity contribution in [2.75, 3.05) is 13.7 Å². The predicted octanol–water partition coefficient (Wildman–Crippen LogP) is -1.34. The molecule has 0 aliphatic rings. The van der Waals surface area contributed by atoms with E-state index in [-0.39, 0.29) is 46.1 Å². The first-order chi connectivity index (χ1) is 6.33. The summed E-state index contributed by atoms with van der Waals surface area (Å²) >= 11 is 0. The summed E-state index contributed by atoms with van der Waals surface area (Å²) in [5, 5.41) is 0. The molecule has 1 atom stereocenters. The molecule has 0 amide bonds. The topological polar surface area (TPSA) is 18.5 Å². The van der Waals surface area contributed by atoms with Gasteiger partial charge in [-0.15, -0.1) is 5.56 Å². The van der Waals surface area contributed by atoms with E-state index in [2.05, 4.69) is 6.07 Å². The van der Waals surface area contributed by atoms with Crippen molar-refractivity contribution in [1.29, 1.82) is 0 Å². The second-order valence-corrected chi connectivity index (χ2v) is 2.99. The summed E-state index contributed by atoms with van der Waals surface area (Å²) < 4.78 is 10.5. The first kappa shape index (κ1) is 17.8. The molecular formula is C11H15BrMgO2. The molecule has 0 aliphatic carbocycles. The first-order valence-electron chi connectivity index (χ1n) is 4.38. The summed E-state index contributed by atoms with van der Waals surface area (Å²) in [7, 11) is 1.68. The minimum absolute atomic E-state index is 0. The average molecular weight is 283 g/mol. The maximum absolute atomic E-state index is 5.52. The van der Waals surface area contributed by atoms with E-state index < -0.39 is 0 Å². The number of methoxy groups -OCH3 is 1. The van der Waals surface area contributed by atoms with Gasteiger partial charge in [-0.2, -0.15) is 30.3 Å². The van der Waals surface area contributed by atoms with Gasteiger partial charge in [0.2, 0.25) is 0 Å². The Hall–Kier alpha value is 0.386. The molecule has 1 rings (SSSR count). The first-order valence-corrected chi connectivity index (χ1v) is 4.38. The minimum Gasteiger partial charge on any atom is -1.00 e. The van der Waals surface area contributed by atoms with Crippen LogP contribution in [0.5, 0.6) is 0 Å². The van der Waals surface area contributed by atoms with Crippen LogP contribution in [0.25, 0.3) is 0 Å². The Kier molecular flexibility index (Phi) is 12.9. The van der Waals surface area contributed by atoms with Gasteiger partial charge in [0.05, 0.1) is 12.7 Å². The van der Waals surface area contributed by atoms with E-state index in [0.29, 0.717) is 13.2 Å². The fourth-order valence-electron chi connectivity index (χ4n) is 1.04. The van der Waals surface area contributed by atoms with Gasteiger partial charge in [-0.25, -0.2) is 0 Å². The molecule has 0 saturated carbocycles. The number of rotatable bonds is 5. The van der Waals surface area contributed by atoms with Gasteiger partial charge < -0.3 is 26.5 Å². The molecule has 0 bridgehead atoms. The summed E-state index contributed by atoms with van der Waals surface area (Å²) in [6.45, 7) is 3.26. The molecule has 0 spiro atoms. The zero-order valence-corrected chi connectivity index (χ0v) is 12.2. The normalized spacial score (nSPS) is 11.1. The van der Waals surface area contributed by atoms with Crippen LogP contribution in [0.2, 0.25) is 0 Å². The fraction of sp³-hybridized carbons (Fsp3) is 0.455. The van der Waals surface area contributed by atoms with E-state index in [1.54, 1.807) is 7.11 Å². The van der Waals surface area contributed by atoms with Gasteiger partial charge in [0, 0.05) is 13.7 Å². The monoisotopic (exact) mass is 282 g/mol. The van der Waals surface area contributed by atoms with E-state index >= 15 is 0 Å². The van der Waals surface area contributed by atoms with Crippen LogP contribution in [-0.4, -0.2) is 42.9 Å². The quantitative estimate of drug-likeness (QED) is 0.492. The van der Waals surface area contributed by atoms with Crippen LogP contribution in [-0.2, 0) is 16.1 Å². The van der Waals surface area contributed by atoms with Gasteiger partial charge in [0.15, 0.2) is 0 Å². The molecule has 0 fully saturated rings. The molecule has 0 aliphatic heterocycles. The van der Waals surface area contributed by atoms with Crippen molar-refractivity contribution in [3.05, 3.63) is 35.9 Å². The zero-order valence-electron chi connectivity index (χ0n) is 9.20. The zero-order chi connectivity index (χ0) is 9.52. The van der Waals surface area contributed by atoms with Crippen LogP contribution in [0.4, 0.5) is 0 Å². The third-order valence-corrected chi connectivity index (χ3v) is 1.71. The van der Waals surface area contributed by atoms with Crippen LogP contribution in [0.15, 0.2) is 24.3 Å². The third kappa shape index (κ3) is 8.22. The van der Waals surface area contributed by atoms with E-state index in [9.17, 15) is 0 Å². The molecule has 0 unspecified atom stereocenters. The summed E-state index contributed by atoms with van der Waals surface area (Å²) in [4.78, 5) is 0. The van der Waals surface area contributed by atoms with Crippen LogP contribution in [0.1, 0.15) is 12.5 Å². The number of benzene rings is 1. The third-order valence-electron chi connectivity index (χ3n) is 1.71. The van der Waals surface area contributed by atoms with Gasteiger partial charge in [-0.05, 0) is 6.92 Å². The Morgan fingerprint density at radius 2 is 2.20 bits per heavy atom. The Bertz CT molecular complexity index is 231. The smallest absolute Gasteiger partial charge is 1.00 e. The van der Waals surface area contributed by atoms with Crippen LogP contribution < -0.4 is 17.0 Å². The molecule has 0 saturated heterocycles. The Morgan fingerprint density at radius 1 is 1.47 bits per heavy atom. The molecule has 80 valence electrons. The number of hydrogen-bond donors (Lipinski definition) is 0. The van der Waals surface area contributed by atoms with Gasteiger partial charge in [0.1, 0.15) is 0 Å². The van der Waals surface area contributed by atoms with Crippen molar-refractivity contribution >= 4 is 23.1 Å². The summed E-state index contributed by atoms with van der Waals surface area (Å²) in [6, 6.07) is 10.8. The maximum Gasteiger partial charge on any atom is 2.00 e. The van der Waals surface area contributed by atoms with E-state index in [1.807, 2.05) is 31.2 Å². The molecule has 15 heavy (non-hydrogen) atoms. The molecule has 0 N–H and O–H groups in total. The predicted molar refractivity (Wildman–Crippen MR) is 57.2 cm³/mol. The Labute approximate surface area is 118 Å². The van der Waals surface area contributed by atoms with Gasteiger partial charge in [-0.3, -0.25) is 0 Å². The van der Waals surface area contributed by atoms with E-state index in [1.165, 1.54) is 0 Å². The maximum atomic E-state index is 5.52. The van der Waals surface area contributed by atoms with E-state index in [4.69, 9.17) is 9.47 Å². The second kappa shape index (κ2) is 10.9. The molecular weight excluding hydrogens is 268 g/mol. The van der Waals surface area contributed by atoms with Crippen LogP contribution >= 0.6 is 0 Å². The summed E-state index contributed by atoms with van der Waals surface area (Å²) in [6.07, 6.45) is 0.144. The Balaban J connectivity index is 0. The standard InChI is InChI=1S/C11H15O2.BrH.Mg/c1-10(8-12-2)13-9-11-6-4-3-5-7-11;;/h3-4,6-7,10H,8-9H2,1-2H3;1H;/q-1;;+2/p-1/t10-;;/m0../s1. The summed E-state index contributed by atoms with van der Waals surface area (Å²) in [5.74, 6) is 0. The molecule has 0 radical (unpaired) electrons. The molecule has 0 heterocycles. The van der Waals surface area contributed by atoms with Gasteiger partial charge >= 0.3 is 23.1 Å². The van der Waals surface area contributed by atoms with Crippen molar-refractivity contribution in [3.63, 3.8) is 0 Å². The molecule has 1 aromatic rings. The SMILES string of the molecule is COC[C@H](C)OCc1c[c-]ccc1.[Br-].[Mg+2]. The fourth-order valence-corrected chi connectivity index (χ4v) is 1.04. The average Bonchev–Trinajstić information content (AvgIpc) is 2.17. The van der Waals surface area contributed by atoms with Crippen LogP contribution in [0.3, 0.4) is 0 Å². The number of halogens is 1. The van der Waals surface area contributed by atoms with Gasteiger partial charge in [-0.1, -0.05) is 0 Å². The van der Waals surface area contributed by atoms with Crippen molar-refractivity contribution < 1.29 is 26.5 Å². The van der Waals surface area contributed by atoms with Crippen molar-refractivity contribution in [3.8, 4) is 0 Å². The molecule has 4 heteroatoms. The van der Waals surface area contributed by atoms with Crippen molar-refractivity contribution in [1.82, 2.24) is 0 Å².